The predicted octanol–water partition coefficient (Wildman–Crippen LogP) is 1.96. The van der Waals surface area contributed by atoms with Crippen LogP contribution in [-0.4, -0.2) is 17.8 Å². The Morgan fingerprint density at radius 2 is 2.18 bits per heavy atom. The van der Waals surface area contributed by atoms with Crippen LogP contribution in [0.15, 0.2) is 18.2 Å². The molecule has 0 heterocycles. The number of nitrogens with one attached hydrogen (secondary N) is 1. The van der Waals surface area contributed by atoms with Gasteiger partial charge in [0.2, 0.25) is 0 Å². The Morgan fingerprint density at radius 3 is 2.71 bits per heavy atom. The summed E-state index contributed by atoms with van der Waals surface area (Å²) in [5.74, 6) is 0.382. The first-order chi connectivity index (χ1) is 8.08. The number of benzene rings is 1. The molecule has 1 rings (SSSR count). The molecule has 0 bridgehead atoms. The van der Waals surface area contributed by atoms with Gasteiger partial charge in [0, 0.05) is 12.6 Å². The van der Waals surface area contributed by atoms with Gasteiger partial charge in [-0.2, -0.15) is 5.26 Å². The zero-order chi connectivity index (χ0) is 12.8. The molecule has 0 aliphatic rings. The molecule has 0 saturated heterocycles. The number of nitrogens with two attached hydrogens (primary N) is 1. The minimum absolute atomic E-state index is 0.133. The summed E-state index contributed by atoms with van der Waals surface area (Å²) in [5, 5.41) is 21.1. The van der Waals surface area contributed by atoms with Gasteiger partial charge in [-0.1, -0.05) is 13.8 Å². The average Bonchev–Trinajstić information content (AvgIpc) is 2.31. The molecule has 0 aromatic heterocycles. The quantitative estimate of drug-likeness (QED) is 0.679. The summed E-state index contributed by atoms with van der Waals surface area (Å²) in [4.78, 5) is 0. The first-order valence-electron chi connectivity index (χ1n) is 5.75. The lowest BCUT2D eigenvalue weighted by Gasteiger charge is -2.23. The summed E-state index contributed by atoms with van der Waals surface area (Å²) >= 11 is 0. The Labute approximate surface area is 102 Å². The largest absolute Gasteiger partial charge is 0.397 e. The molecule has 0 radical (unpaired) electrons. The Hall–Kier alpha value is -1.73. The van der Waals surface area contributed by atoms with Crippen LogP contribution in [0.1, 0.15) is 25.8 Å². The predicted molar refractivity (Wildman–Crippen MR) is 69.5 cm³/mol. The first kappa shape index (κ1) is 13.3. The monoisotopic (exact) mass is 233 g/mol. The molecular weight excluding hydrogens is 214 g/mol. The van der Waals surface area contributed by atoms with Gasteiger partial charge >= 0.3 is 0 Å². The van der Waals surface area contributed by atoms with Gasteiger partial charge in [-0.25, -0.2) is 0 Å². The molecule has 1 unspecified atom stereocenters. The van der Waals surface area contributed by atoms with E-state index in [-0.39, 0.29) is 12.6 Å². The SMILES string of the molecule is CC(C)C(CCO)Nc1cc(C#N)ccc1N. The molecule has 0 spiro atoms. The third-order valence-corrected chi connectivity index (χ3v) is 2.77. The summed E-state index contributed by atoms with van der Waals surface area (Å²) in [6.07, 6.45) is 0.661. The van der Waals surface area contributed by atoms with Crippen molar-refractivity contribution in [2.75, 3.05) is 17.7 Å². The third-order valence-electron chi connectivity index (χ3n) is 2.77. The van der Waals surface area contributed by atoms with Gasteiger partial charge in [0.25, 0.3) is 0 Å². The van der Waals surface area contributed by atoms with Crippen LogP contribution >= 0.6 is 0 Å². The van der Waals surface area contributed by atoms with E-state index in [9.17, 15) is 0 Å². The van der Waals surface area contributed by atoms with Crippen molar-refractivity contribution in [2.24, 2.45) is 5.92 Å². The van der Waals surface area contributed by atoms with E-state index in [1.165, 1.54) is 0 Å². The second-order valence-electron chi connectivity index (χ2n) is 4.42. The van der Waals surface area contributed by atoms with E-state index in [0.29, 0.717) is 23.6 Å². The number of nitriles is 1. The van der Waals surface area contributed by atoms with E-state index < -0.39 is 0 Å². The van der Waals surface area contributed by atoms with Crippen molar-refractivity contribution in [1.82, 2.24) is 0 Å². The molecule has 0 aliphatic carbocycles. The van der Waals surface area contributed by atoms with Gasteiger partial charge in [-0.3, -0.25) is 0 Å². The Bertz CT molecular complexity index is 410. The van der Waals surface area contributed by atoms with E-state index in [0.717, 1.165) is 5.69 Å². The molecule has 0 saturated carbocycles. The number of anilines is 2. The van der Waals surface area contributed by atoms with E-state index >= 15 is 0 Å². The fraction of sp³-hybridized carbons (Fsp3) is 0.462. The van der Waals surface area contributed by atoms with Crippen LogP contribution in [0.25, 0.3) is 0 Å². The Morgan fingerprint density at radius 1 is 1.47 bits per heavy atom. The summed E-state index contributed by atoms with van der Waals surface area (Å²) in [7, 11) is 0. The maximum Gasteiger partial charge on any atom is 0.0992 e. The van der Waals surface area contributed by atoms with Gasteiger partial charge in [-0.05, 0) is 30.5 Å². The number of aliphatic hydroxyl groups is 1. The maximum atomic E-state index is 9.01. The number of nitrogen functional groups attached to an aromatic ring is 1. The molecule has 4 heteroatoms. The van der Waals surface area contributed by atoms with Gasteiger partial charge in [0.1, 0.15) is 0 Å². The summed E-state index contributed by atoms with van der Waals surface area (Å²) in [6, 6.07) is 7.38. The lowest BCUT2D eigenvalue weighted by atomic mass is 10.0. The van der Waals surface area contributed by atoms with Crippen molar-refractivity contribution in [1.29, 1.82) is 5.26 Å². The highest BCUT2D eigenvalue weighted by Gasteiger charge is 2.13. The van der Waals surface area contributed by atoms with Crippen molar-refractivity contribution < 1.29 is 5.11 Å². The number of nitrogens with zero attached hydrogens (tertiary/aromatic N) is 1. The van der Waals surface area contributed by atoms with Crippen LogP contribution in [0.4, 0.5) is 11.4 Å². The van der Waals surface area contributed by atoms with E-state index in [1.807, 2.05) is 0 Å². The normalized spacial score (nSPS) is 12.2. The molecule has 92 valence electrons. The number of hydrogen-bond acceptors (Lipinski definition) is 4. The molecule has 17 heavy (non-hydrogen) atoms. The second kappa shape index (κ2) is 6.12. The van der Waals surface area contributed by atoms with Crippen LogP contribution < -0.4 is 11.1 Å². The maximum absolute atomic E-state index is 9.01. The zero-order valence-electron chi connectivity index (χ0n) is 10.3. The fourth-order valence-corrected chi connectivity index (χ4v) is 1.66. The lowest BCUT2D eigenvalue weighted by Crippen LogP contribution is -2.27. The topological polar surface area (TPSA) is 82.1 Å². The average molecular weight is 233 g/mol. The number of hydrogen-bond donors (Lipinski definition) is 3. The third kappa shape index (κ3) is 3.65. The lowest BCUT2D eigenvalue weighted by molar-refractivity contribution is 0.267. The highest BCUT2D eigenvalue weighted by molar-refractivity contribution is 5.68. The second-order valence-corrected chi connectivity index (χ2v) is 4.42. The van der Waals surface area contributed by atoms with Crippen LogP contribution in [0, 0.1) is 17.2 Å². The van der Waals surface area contributed by atoms with Crippen LogP contribution in [-0.2, 0) is 0 Å². The molecule has 1 aromatic carbocycles. The number of rotatable bonds is 5. The van der Waals surface area contributed by atoms with Crippen molar-refractivity contribution in [2.45, 2.75) is 26.3 Å². The summed E-state index contributed by atoms with van der Waals surface area (Å²) in [5.41, 5.74) is 7.81. The van der Waals surface area contributed by atoms with Crippen LogP contribution in [0.3, 0.4) is 0 Å². The standard InChI is InChI=1S/C13H19N3O/c1-9(2)12(5-6-17)16-13-7-10(8-14)3-4-11(13)15/h3-4,7,9,12,16-17H,5-6,15H2,1-2H3. The summed E-state index contributed by atoms with van der Waals surface area (Å²) in [6.45, 7) is 4.29. The molecule has 4 nitrogen and oxygen atoms in total. The Balaban J connectivity index is 2.88. The van der Waals surface area contributed by atoms with E-state index in [2.05, 4.69) is 25.2 Å². The molecule has 0 aliphatic heterocycles. The highest BCUT2D eigenvalue weighted by atomic mass is 16.3. The van der Waals surface area contributed by atoms with Crippen LogP contribution in [0.2, 0.25) is 0 Å². The summed E-state index contributed by atoms with van der Waals surface area (Å²) < 4.78 is 0. The van der Waals surface area contributed by atoms with Gasteiger partial charge in [0.15, 0.2) is 0 Å². The van der Waals surface area contributed by atoms with Gasteiger partial charge in [-0.15, -0.1) is 0 Å². The smallest absolute Gasteiger partial charge is 0.0992 e. The van der Waals surface area contributed by atoms with Gasteiger partial charge < -0.3 is 16.2 Å². The minimum Gasteiger partial charge on any atom is -0.397 e. The van der Waals surface area contributed by atoms with E-state index in [1.54, 1.807) is 18.2 Å². The highest BCUT2D eigenvalue weighted by Crippen LogP contribution is 2.23. The van der Waals surface area contributed by atoms with Crippen molar-refractivity contribution in [3.63, 3.8) is 0 Å². The first-order valence-corrected chi connectivity index (χ1v) is 5.75. The number of aliphatic hydroxyl groups excluding tert-OH is 1. The molecule has 1 atom stereocenters. The van der Waals surface area contributed by atoms with Gasteiger partial charge in [0.05, 0.1) is 23.0 Å². The van der Waals surface area contributed by atoms with Crippen LogP contribution in [0.5, 0.6) is 0 Å². The van der Waals surface area contributed by atoms with Crippen molar-refractivity contribution in [3.8, 4) is 6.07 Å². The zero-order valence-corrected chi connectivity index (χ0v) is 10.3. The molecule has 1 aromatic rings. The molecule has 0 amide bonds. The molecule has 4 N–H and O–H groups in total. The molecular formula is C13H19N3O. The Kier molecular flexibility index (Phi) is 4.80. The van der Waals surface area contributed by atoms with E-state index in [4.69, 9.17) is 16.1 Å². The van der Waals surface area contributed by atoms with Crippen molar-refractivity contribution >= 4 is 11.4 Å². The minimum atomic E-state index is 0.133. The van der Waals surface area contributed by atoms with Crippen molar-refractivity contribution in [3.05, 3.63) is 23.8 Å². The fourth-order valence-electron chi connectivity index (χ4n) is 1.66. The molecule has 0 fully saturated rings.